The first-order chi connectivity index (χ1) is 49.9. The molecule has 6 rings (SSSR count). The highest BCUT2D eigenvalue weighted by atomic mass is 35.5. The molecule has 2 aliphatic heterocycles. The number of amides is 12. The number of likely N-dealkylation sites (N-methyl/N-ethyl adjacent to an activating group) is 8. The molecule has 2 heterocycles. The van der Waals surface area contributed by atoms with Gasteiger partial charge in [-0.15, -0.1) is 11.6 Å². The van der Waals surface area contributed by atoms with Crippen molar-refractivity contribution in [2.75, 3.05) is 89.1 Å². The highest BCUT2D eigenvalue weighted by Gasteiger charge is 2.52. The van der Waals surface area contributed by atoms with E-state index in [-0.39, 0.29) is 88.9 Å². The number of hydrogen-bond donors (Lipinski definition) is 3. The minimum absolute atomic E-state index is 0.0121. The van der Waals surface area contributed by atoms with Crippen LogP contribution in [0.5, 0.6) is 0 Å². The Bertz CT molecular complexity index is 3000. The van der Waals surface area contributed by atoms with Gasteiger partial charge in [-0.3, -0.25) is 57.5 Å². The molecule has 12 amide bonds. The third-order valence-corrected chi connectivity index (χ3v) is 24.4. The SMILES string of the molecule is CC[C@H](C)[C@@H]1NC(=O)[C@H](CC(C)C)N(C)C(=O)C[C@@H](C(=O)N2CCCCC2)N(C)C(=O)[C@H](C2CCCCC2)N(C)C(=O)C2(CCCC2)NC(=O)[C@H](CCCCC(F)F)N(C)C(=O)[C@H](CCC2CCC(C(F)(F)F)C(Cl)C2)NC(=O)CN(C)C(=O)[C@H](CC2CCCCC2)N(C)C(=O)CN(C)C(=O)CN(C)C1=O. The standard InChI is InChI=1S/C76H124ClF5N12O12/c1-13-49(4)65-72(104)88(7)46-63(97)86(5)47-64(98)90(9)58(43-50-27-17-14-18-28-50)70(102)87(6)45-61(95)83-55(36-34-51-33-35-53(54(77)42-51)76(80,81)82)69(101)91(10)56(31-21-22-32-60(78)79)68(100)85-75(37-23-24-38-75)74(106)93(12)66(52-29-19-15-20-30-52)73(105)92(11)59(71(103)94-39-25-16-26-40-94)44-62(96)89(8)57(41-48(2)3)67(99)84-65/h48-60,65-66H,13-47H2,1-12H3,(H,83,95)(H,84,99)(H,85,100)/t49-,51?,53?,54?,55-,56-,57-,58-,59-,65-,66-/m0/s1. The lowest BCUT2D eigenvalue weighted by atomic mass is 9.78. The van der Waals surface area contributed by atoms with E-state index in [1.54, 1.807) is 11.8 Å². The number of likely N-dealkylation sites (tertiary alicyclic amines) is 1. The van der Waals surface area contributed by atoms with Gasteiger partial charge < -0.3 is 60.0 Å². The Morgan fingerprint density at radius 1 is 0.566 bits per heavy atom. The predicted octanol–water partition coefficient (Wildman–Crippen LogP) is 8.15. The van der Waals surface area contributed by atoms with Gasteiger partial charge in [-0.05, 0) is 132 Å². The molecule has 4 aliphatic carbocycles. The molecule has 4 saturated carbocycles. The zero-order valence-electron chi connectivity index (χ0n) is 65.1. The van der Waals surface area contributed by atoms with Gasteiger partial charge >= 0.3 is 6.18 Å². The molecular weight excluding hydrogens is 1400 g/mol. The van der Waals surface area contributed by atoms with Gasteiger partial charge in [0.2, 0.25) is 77.3 Å². The number of alkyl halides is 6. The molecule has 3 unspecified atom stereocenters. The highest BCUT2D eigenvalue weighted by Crippen LogP contribution is 2.44. The van der Waals surface area contributed by atoms with E-state index >= 15 is 28.8 Å². The summed E-state index contributed by atoms with van der Waals surface area (Å²) in [6.45, 7) is 6.22. The Labute approximate surface area is 630 Å². The van der Waals surface area contributed by atoms with Crippen LogP contribution in [-0.4, -0.2) is 270 Å². The second kappa shape index (κ2) is 40.9. The number of hydrogen-bond acceptors (Lipinski definition) is 12. The minimum atomic E-state index is -4.56. The molecule has 6 aliphatic rings. The Morgan fingerprint density at radius 3 is 1.74 bits per heavy atom. The number of rotatable bonds is 16. The van der Waals surface area contributed by atoms with Crippen molar-refractivity contribution in [1.82, 2.24) is 60.0 Å². The Hall–Kier alpha value is -6.42. The van der Waals surface area contributed by atoms with Gasteiger partial charge in [-0.1, -0.05) is 105 Å². The molecule has 2 saturated heterocycles. The van der Waals surface area contributed by atoms with Crippen LogP contribution in [0.3, 0.4) is 0 Å². The predicted molar refractivity (Wildman–Crippen MR) is 391 cm³/mol. The average Bonchev–Trinajstić information content (AvgIpc) is 1.37. The first-order valence-corrected chi connectivity index (χ1v) is 39.6. The number of halogens is 6. The summed E-state index contributed by atoms with van der Waals surface area (Å²) < 4.78 is 69.9. The molecule has 0 aromatic carbocycles. The second-order valence-electron chi connectivity index (χ2n) is 32.2. The maximum atomic E-state index is 15.9. The van der Waals surface area contributed by atoms with Crippen molar-refractivity contribution < 1.29 is 79.5 Å². The fourth-order valence-corrected chi connectivity index (χ4v) is 17.4. The van der Waals surface area contributed by atoms with Gasteiger partial charge in [0.15, 0.2) is 0 Å². The summed E-state index contributed by atoms with van der Waals surface area (Å²) in [6.07, 6.45) is 2.28. The molecule has 1 spiro atoms. The van der Waals surface area contributed by atoms with Gasteiger partial charge in [0.05, 0.1) is 32.0 Å². The fraction of sp³-hybridized carbons (Fsp3) is 0.842. The Morgan fingerprint density at radius 2 is 1.15 bits per heavy atom. The smallest absolute Gasteiger partial charge is 0.343 e. The van der Waals surface area contributed by atoms with Gasteiger partial charge in [0.1, 0.15) is 47.8 Å². The number of nitrogens with one attached hydrogen (secondary N) is 3. The van der Waals surface area contributed by atoms with E-state index in [0.717, 1.165) is 64.5 Å². The van der Waals surface area contributed by atoms with Gasteiger partial charge in [-0.25, -0.2) is 8.78 Å². The number of piperidine rings is 1. The maximum Gasteiger partial charge on any atom is 0.393 e. The third-order valence-electron chi connectivity index (χ3n) is 23.9. The number of carbonyl (C=O) groups is 12. The summed E-state index contributed by atoms with van der Waals surface area (Å²) in [6, 6.07) is -9.29. The van der Waals surface area contributed by atoms with Crippen LogP contribution < -0.4 is 16.0 Å². The zero-order valence-corrected chi connectivity index (χ0v) is 65.9. The first-order valence-electron chi connectivity index (χ1n) is 39.2. The molecule has 0 aromatic heterocycles. The van der Waals surface area contributed by atoms with Crippen molar-refractivity contribution in [2.24, 2.45) is 35.5 Å². The van der Waals surface area contributed by atoms with Gasteiger partial charge in [0, 0.05) is 81.3 Å². The lowest BCUT2D eigenvalue weighted by Crippen LogP contribution is -2.65. The summed E-state index contributed by atoms with van der Waals surface area (Å²) >= 11 is 6.41. The summed E-state index contributed by atoms with van der Waals surface area (Å²) in [5.41, 5.74) is -1.71. The first kappa shape index (κ1) is 88.5. The van der Waals surface area contributed by atoms with Crippen LogP contribution in [0.2, 0.25) is 0 Å². The van der Waals surface area contributed by atoms with E-state index in [0.29, 0.717) is 70.9 Å². The van der Waals surface area contributed by atoms with Crippen LogP contribution in [0.1, 0.15) is 220 Å². The molecule has 11 atom stereocenters. The lowest BCUT2D eigenvalue weighted by Gasteiger charge is -2.43. The lowest BCUT2D eigenvalue weighted by molar-refractivity contribution is -0.182. The van der Waals surface area contributed by atoms with Crippen LogP contribution in [-0.2, 0) is 57.5 Å². The second-order valence-corrected chi connectivity index (χ2v) is 32.8. The largest absolute Gasteiger partial charge is 0.393 e. The van der Waals surface area contributed by atoms with Crippen molar-refractivity contribution in [3.8, 4) is 0 Å². The van der Waals surface area contributed by atoms with Crippen LogP contribution in [0.4, 0.5) is 22.0 Å². The number of unbranched alkanes of at least 4 members (excludes halogenated alkanes) is 1. The molecule has 30 heteroatoms. The topological polar surface area (TPSA) is 270 Å². The average molecular weight is 1530 g/mol. The van der Waals surface area contributed by atoms with E-state index < -0.39 is 193 Å². The number of carbonyl (C=O) groups excluding carboxylic acids is 12. The molecule has 0 bridgehead atoms. The molecule has 6 fully saturated rings. The molecule has 602 valence electrons. The van der Waals surface area contributed by atoms with Crippen molar-refractivity contribution >= 4 is 82.5 Å². The molecule has 0 aromatic rings. The van der Waals surface area contributed by atoms with Crippen molar-refractivity contribution in [1.29, 1.82) is 0 Å². The minimum Gasteiger partial charge on any atom is -0.343 e. The molecule has 24 nitrogen and oxygen atoms in total. The van der Waals surface area contributed by atoms with Crippen LogP contribution in [0, 0.1) is 35.5 Å². The van der Waals surface area contributed by atoms with Crippen molar-refractivity contribution in [3.63, 3.8) is 0 Å². The fourth-order valence-electron chi connectivity index (χ4n) is 16.9. The Kier molecular flexibility index (Phi) is 34.1. The molecular formula is C76H124ClF5N12O12. The van der Waals surface area contributed by atoms with Gasteiger partial charge in [0.25, 0.3) is 0 Å². The summed E-state index contributed by atoms with van der Waals surface area (Å²) in [5.74, 6) is -11.7. The monoisotopic (exact) mass is 1530 g/mol. The number of nitrogens with zero attached hydrogens (tertiary/aromatic N) is 9. The van der Waals surface area contributed by atoms with Crippen molar-refractivity contribution in [3.05, 3.63) is 0 Å². The quantitative estimate of drug-likeness (QED) is 0.0751. The molecule has 106 heavy (non-hydrogen) atoms. The highest BCUT2D eigenvalue weighted by molar-refractivity contribution is 6.21. The normalized spacial score (nSPS) is 28.6. The molecule has 3 N–H and O–H groups in total. The third kappa shape index (κ3) is 24.0. The van der Waals surface area contributed by atoms with E-state index in [9.17, 15) is 50.7 Å². The van der Waals surface area contributed by atoms with E-state index in [1.807, 2.05) is 20.8 Å². The summed E-state index contributed by atoms with van der Waals surface area (Å²) in [7, 11) is 11.2. The zero-order chi connectivity index (χ0) is 78.7. The van der Waals surface area contributed by atoms with Crippen LogP contribution >= 0.6 is 11.6 Å². The Balaban J connectivity index is 1.47. The summed E-state index contributed by atoms with van der Waals surface area (Å²) in [4.78, 5) is 192. The summed E-state index contributed by atoms with van der Waals surface area (Å²) in [5, 5.41) is 7.40. The van der Waals surface area contributed by atoms with E-state index in [1.165, 1.54) is 76.0 Å². The van der Waals surface area contributed by atoms with E-state index in [2.05, 4.69) is 16.0 Å². The van der Waals surface area contributed by atoms with E-state index in [4.69, 9.17) is 11.6 Å². The van der Waals surface area contributed by atoms with Crippen LogP contribution in [0.15, 0.2) is 0 Å². The van der Waals surface area contributed by atoms with Crippen LogP contribution in [0.25, 0.3) is 0 Å². The maximum absolute atomic E-state index is 15.9. The molecule has 0 radical (unpaired) electrons. The van der Waals surface area contributed by atoms with Gasteiger partial charge in [-0.2, -0.15) is 13.2 Å². The van der Waals surface area contributed by atoms with Crippen molar-refractivity contribution in [2.45, 2.75) is 286 Å².